The number of rotatable bonds is 21. The first-order valence-corrected chi connectivity index (χ1v) is 12.9. The number of benzene rings is 2. The molecular formula is C28H50Cl4N4. The van der Waals surface area contributed by atoms with Crippen LogP contribution in [0.2, 0.25) is 0 Å². The van der Waals surface area contributed by atoms with E-state index in [1.165, 1.54) is 75.6 Å². The minimum absolute atomic E-state index is 0. The van der Waals surface area contributed by atoms with E-state index in [0.29, 0.717) is 0 Å². The summed E-state index contributed by atoms with van der Waals surface area (Å²) < 4.78 is 0. The van der Waals surface area contributed by atoms with Crippen molar-refractivity contribution in [3.8, 4) is 0 Å². The summed E-state index contributed by atoms with van der Waals surface area (Å²) in [5.74, 6) is 0. The van der Waals surface area contributed by atoms with Crippen molar-refractivity contribution < 1.29 is 0 Å². The third kappa shape index (κ3) is 23.8. The van der Waals surface area contributed by atoms with Gasteiger partial charge in [-0.25, -0.2) is 0 Å². The number of hydrogen-bond donors (Lipinski definition) is 4. The average Bonchev–Trinajstić information content (AvgIpc) is 2.84. The van der Waals surface area contributed by atoms with Crippen LogP contribution in [0.4, 0.5) is 0 Å². The Labute approximate surface area is 245 Å². The highest BCUT2D eigenvalue weighted by Gasteiger charge is 1.95. The van der Waals surface area contributed by atoms with Crippen molar-refractivity contribution in [2.75, 3.05) is 39.3 Å². The zero-order chi connectivity index (χ0) is 22.4. The fraction of sp³-hybridized carbons (Fsp3) is 0.571. The van der Waals surface area contributed by atoms with E-state index in [4.69, 9.17) is 0 Å². The summed E-state index contributed by atoms with van der Waals surface area (Å²) in [4.78, 5) is 0. The van der Waals surface area contributed by atoms with Crippen molar-refractivity contribution >= 4 is 49.6 Å². The first kappa shape index (κ1) is 39.9. The van der Waals surface area contributed by atoms with Gasteiger partial charge in [-0.15, -0.1) is 49.6 Å². The van der Waals surface area contributed by atoms with Crippen molar-refractivity contribution in [3.63, 3.8) is 0 Å². The molecule has 0 spiro atoms. The van der Waals surface area contributed by atoms with E-state index >= 15 is 0 Å². The molecule has 0 amide bonds. The monoisotopic (exact) mass is 582 g/mol. The van der Waals surface area contributed by atoms with Gasteiger partial charge in [0.1, 0.15) is 0 Å². The number of halogens is 4. The highest BCUT2D eigenvalue weighted by atomic mass is 35.5. The molecule has 0 fully saturated rings. The Bertz CT molecular complexity index is 593. The summed E-state index contributed by atoms with van der Waals surface area (Å²) in [5.41, 5.74) is 2.73. The molecule has 0 aliphatic carbocycles. The molecule has 0 saturated heterocycles. The minimum atomic E-state index is 0. The van der Waals surface area contributed by atoms with Gasteiger partial charge in [0.15, 0.2) is 0 Å². The summed E-state index contributed by atoms with van der Waals surface area (Å²) >= 11 is 0. The largest absolute Gasteiger partial charge is 0.317 e. The van der Waals surface area contributed by atoms with Gasteiger partial charge in [-0.1, -0.05) is 86.3 Å². The van der Waals surface area contributed by atoms with Crippen LogP contribution < -0.4 is 21.3 Å². The Morgan fingerprint density at radius 2 is 0.639 bits per heavy atom. The molecule has 0 saturated carbocycles. The van der Waals surface area contributed by atoms with E-state index in [1.54, 1.807) is 0 Å². The average molecular weight is 585 g/mol. The number of hydrogen-bond acceptors (Lipinski definition) is 4. The molecule has 8 heteroatoms. The van der Waals surface area contributed by atoms with Crippen LogP contribution in [0.3, 0.4) is 0 Å². The van der Waals surface area contributed by atoms with Gasteiger partial charge < -0.3 is 21.3 Å². The van der Waals surface area contributed by atoms with Crippen LogP contribution in [0.25, 0.3) is 0 Å². The second-order valence-electron chi connectivity index (χ2n) is 8.65. The third-order valence-corrected chi connectivity index (χ3v) is 5.72. The fourth-order valence-electron chi connectivity index (χ4n) is 3.79. The SMILES string of the molecule is Cl.Cl.Cl.Cl.c1ccc(CNCCCNCCCCCCCCNCCCNCc2ccccc2)cc1. The summed E-state index contributed by atoms with van der Waals surface area (Å²) in [6, 6.07) is 21.2. The Morgan fingerprint density at radius 1 is 0.333 bits per heavy atom. The van der Waals surface area contributed by atoms with Gasteiger partial charge in [0.2, 0.25) is 0 Å². The van der Waals surface area contributed by atoms with Crippen LogP contribution in [-0.2, 0) is 13.1 Å². The van der Waals surface area contributed by atoms with Gasteiger partial charge >= 0.3 is 0 Å². The standard InChI is InChI=1S/C28H46N4.4ClH/c1(3-11-19-29-21-13-23-31-25-27-15-7-5-8-16-27)2-4-12-20-30-22-14-24-32-26-28-17-9-6-10-18-28;;;;/h5-10,15-18,29-32H,1-4,11-14,19-26H2;4*1H. The molecule has 4 nitrogen and oxygen atoms in total. The molecule has 36 heavy (non-hydrogen) atoms. The van der Waals surface area contributed by atoms with Gasteiger partial charge in [-0.2, -0.15) is 0 Å². The Hall–Kier alpha value is -0.560. The predicted molar refractivity (Wildman–Crippen MR) is 168 cm³/mol. The molecule has 0 aliphatic rings. The molecule has 0 aliphatic heterocycles. The summed E-state index contributed by atoms with van der Waals surface area (Å²) in [7, 11) is 0. The minimum Gasteiger partial charge on any atom is -0.317 e. The molecule has 0 bridgehead atoms. The van der Waals surface area contributed by atoms with Gasteiger partial charge in [-0.3, -0.25) is 0 Å². The third-order valence-electron chi connectivity index (χ3n) is 5.72. The maximum Gasteiger partial charge on any atom is 0.0205 e. The van der Waals surface area contributed by atoms with Crippen LogP contribution in [0.15, 0.2) is 60.7 Å². The molecule has 0 unspecified atom stereocenters. The second-order valence-corrected chi connectivity index (χ2v) is 8.65. The zero-order valence-corrected chi connectivity index (χ0v) is 25.0. The second kappa shape index (κ2) is 30.7. The molecule has 210 valence electrons. The van der Waals surface area contributed by atoms with Gasteiger partial charge in [0.05, 0.1) is 0 Å². The van der Waals surface area contributed by atoms with Crippen molar-refractivity contribution in [1.82, 2.24) is 21.3 Å². The highest BCUT2D eigenvalue weighted by Crippen LogP contribution is 2.04. The Morgan fingerprint density at radius 3 is 1.03 bits per heavy atom. The molecule has 0 heterocycles. The van der Waals surface area contributed by atoms with Gasteiger partial charge in [0, 0.05) is 13.1 Å². The molecule has 4 N–H and O–H groups in total. The lowest BCUT2D eigenvalue weighted by Crippen LogP contribution is -2.22. The van der Waals surface area contributed by atoms with Crippen LogP contribution in [0, 0.1) is 0 Å². The molecule has 0 atom stereocenters. The number of unbranched alkanes of at least 4 members (excludes halogenated alkanes) is 5. The lowest BCUT2D eigenvalue weighted by Gasteiger charge is -2.07. The van der Waals surface area contributed by atoms with E-state index in [0.717, 1.165) is 39.3 Å². The van der Waals surface area contributed by atoms with Crippen LogP contribution >= 0.6 is 49.6 Å². The summed E-state index contributed by atoms with van der Waals surface area (Å²) in [6.07, 6.45) is 10.5. The van der Waals surface area contributed by atoms with Crippen molar-refractivity contribution in [3.05, 3.63) is 71.8 Å². The van der Waals surface area contributed by atoms with E-state index in [2.05, 4.69) is 81.9 Å². The smallest absolute Gasteiger partial charge is 0.0205 e. The van der Waals surface area contributed by atoms with Crippen LogP contribution in [-0.4, -0.2) is 39.3 Å². The maximum absolute atomic E-state index is 3.58. The molecular weight excluding hydrogens is 534 g/mol. The van der Waals surface area contributed by atoms with Crippen LogP contribution in [0.5, 0.6) is 0 Å². The lowest BCUT2D eigenvalue weighted by atomic mass is 10.1. The molecule has 2 aromatic carbocycles. The first-order chi connectivity index (χ1) is 15.9. The van der Waals surface area contributed by atoms with Gasteiger partial charge in [0.25, 0.3) is 0 Å². The van der Waals surface area contributed by atoms with E-state index < -0.39 is 0 Å². The molecule has 0 aromatic heterocycles. The fourth-order valence-corrected chi connectivity index (χ4v) is 3.79. The van der Waals surface area contributed by atoms with Crippen molar-refractivity contribution in [2.45, 2.75) is 64.5 Å². The maximum atomic E-state index is 3.58. The zero-order valence-electron chi connectivity index (χ0n) is 21.7. The molecule has 0 radical (unpaired) electrons. The summed E-state index contributed by atoms with van der Waals surface area (Å²) in [5, 5.41) is 14.2. The topological polar surface area (TPSA) is 48.1 Å². The van der Waals surface area contributed by atoms with Crippen LogP contribution in [0.1, 0.15) is 62.5 Å². The highest BCUT2D eigenvalue weighted by molar-refractivity contribution is 5.86. The van der Waals surface area contributed by atoms with E-state index in [1.807, 2.05) is 0 Å². The number of nitrogens with one attached hydrogen (secondary N) is 4. The van der Waals surface area contributed by atoms with Crippen molar-refractivity contribution in [1.29, 1.82) is 0 Å². The quantitative estimate of drug-likeness (QED) is 0.126. The van der Waals surface area contributed by atoms with E-state index in [-0.39, 0.29) is 49.6 Å². The normalized spacial score (nSPS) is 9.89. The van der Waals surface area contributed by atoms with E-state index in [9.17, 15) is 0 Å². The first-order valence-electron chi connectivity index (χ1n) is 12.9. The van der Waals surface area contributed by atoms with Crippen molar-refractivity contribution in [2.24, 2.45) is 0 Å². The lowest BCUT2D eigenvalue weighted by molar-refractivity contribution is 0.534. The Balaban J connectivity index is -0.00000272. The Kier molecular flexibility index (Phi) is 34.0. The summed E-state index contributed by atoms with van der Waals surface area (Å²) in [6.45, 7) is 8.69. The molecule has 2 aromatic rings. The predicted octanol–water partition coefficient (Wildman–Crippen LogP) is 6.55. The van der Waals surface area contributed by atoms with Gasteiger partial charge in [-0.05, 0) is 76.1 Å². The molecule has 2 rings (SSSR count).